The van der Waals surface area contributed by atoms with Crippen LogP contribution < -0.4 is 5.32 Å². The lowest BCUT2D eigenvalue weighted by molar-refractivity contribution is 0.630. The van der Waals surface area contributed by atoms with E-state index in [4.69, 9.17) is 11.6 Å². The van der Waals surface area contributed by atoms with Gasteiger partial charge in [-0.15, -0.1) is 0 Å². The first-order valence-corrected chi connectivity index (χ1v) is 6.53. The molecule has 0 bridgehead atoms. The van der Waals surface area contributed by atoms with Gasteiger partial charge in [0.2, 0.25) is 0 Å². The van der Waals surface area contributed by atoms with E-state index in [-0.39, 0.29) is 5.82 Å². The Morgan fingerprint density at radius 2 is 2.05 bits per heavy atom. The molecular formula is C14H15ClFN3. The summed E-state index contributed by atoms with van der Waals surface area (Å²) in [7, 11) is 1.78. The molecule has 1 aromatic heterocycles. The number of halogens is 2. The second kappa shape index (κ2) is 5.97. The summed E-state index contributed by atoms with van der Waals surface area (Å²) in [5, 5.41) is 3.34. The third-order valence-corrected chi connectivity index (χ3v) is 2.94. The summed E-state index contributed by atoms with van der Waals surface area (Å²) in [6.07, 6.45) is 1.70. The average Bonchev–Trinajstić information content (AvgIpc) is 2.38. The first-order chi connectivity index (χ1) is 9.13. The number of anilines is 1. The highest BCUT2D eigenvalue weighted by Crippen LogP contribution is 2.25. The molecular weight excluding hydrogens is 265 g/mol. The van der Waals surface area contributed by atoms with Crippen LogP contribution in [0.3, 0.4) is 0 Å². The smallest absolute Gasteiger partial charge is 0.134 e. The summed E-state index contributed by atoms with van der Waals surface area (Å²) in [4.78, 5) is 8.74. The minimum Gasteiger partial charge on any atom is -0.373 e. The van der Waals surface area contributed by atoms with Gasteiger partial charge in [-0.2, -0.15) is 0 Å². The zero-order valence-electron chi connectivity index (χ0n) is 10.9. The van der Waals surface area contributed by atoms with Crippen molar-refractivity contribution in [2.24, 2.45) is 0 Å². The van der Waals surface area contributed by atoms with Gasteiger partial charge in [-0.1, -0.05) is 18.5 Å². The van der Waals surface area contributed by atoms with Gasteiger partial charge in [0.25, 0.3) is 0 Å². The topological polar surface area (TPSA) is 37.8 Å². The fraction of sp³-hybridized carbons (Fsp3) is 0.286. The summed E-state index contributed by atoms with van der Waals surface area (Å²) in [5.74, 6) is 1.01. The summed E-state index contributed by atoms with van der Waals surface area (Å²) >= 11 is 5.76. The van der Waals surface area contributed by atoms with Gasteiger partial charge in [0.15, 0.2) is 0 Å². The molecule has 0 spiro atoms. The molecule has 19 heavy (non-hydrogen) atoms. The van der Waals surface area contributed by atoms with E-state index in [9.17, 15) is 4.39 Å². The molecule has 2 aromatic rings. The van der Waals surface area contributed by atoms with E-state index < -0.39 is 0 Å². The molecule has 0 saturated carbocycles. The zero-order chi connectivity index (χ0) is 13.8. The predicted molar refractivity (Wildman–Crippen MR) is 76.0 cm³/mol. The van der Waals surface area contributed by atoms with Gasteiger partial charge in [-0.05, 0) is 24.6 Å². The van der Waals surface area contributed by atoms with Crippen LogP contribution in [0.4, 0.5) is 10.2 Å². The van der Waals surface area contributed by atoms with Crippen LogP contribution in [-0.2, 0) is 6.42 Å². The molecule has 0 aliphatic heterocycles. The molecule has 3 nitrogen and oxygen atoms in total. The number of benzene rings is 1. The third kappa shape index (κ3) is 3.20. The zero-order valence-corrected chi connectivity index (χ0v) is 11.6. The number of aromatic nitrogens is 2. The van der Waals surface area contributed by atoms with Crippen molar-refractivity contribution >= 4 is 17.4 Å². The quantitative estimate of drug-likeness (QED) is 0.921. The van der Waals surface area contributed by atoms with Crippen molar-refractivity contribution in [2.75, 3.05) is 12.4 Å². The molecule has 0 aliphatic carbocycles. The molecule has 1 heterocycles. The maximum atomic E-state index is 13.9. The minimum absolute atomic E-state index is 0.373. The largest absolute Gasteiger partial charge is 0.373 e. The first kappa shape index (κ1) is 13.7. The summed E-state index contributed by atoms with van der Waals surface area (Å²) < 4.78 is 13.9. The minimum atomic E-state index is -0.379. The maximum Gasteiger partial charge on any atom is 0.134 e. The number of aryl methyl sites for hydroxylation is 1. The molecule has 0 saturated heterocycles. The van der Waals surface area contributed by atoms with E-state index in [0.717, 1.165) is 12.8 Å². The summed E-state index contributed by atoms with van der Waals surface area (Å²) in [6.45, 7) is 2.05. The first-order valence-electron chi connectivity index (χ1n) is 6.15. The Morgan fingerprint density at radius 3 is 2.68 bits per heavy atom. The van der Waals surface area contributed by atoms with Crippen LogP contribution in [0.15, 0.2) is 24.3 Å². The Balaban J connectivity index is 2.51. The second-order valence-electron chi connectivity index (χ2n) is 4.18. The molecule has 1 N–H and O–H groups in total. The van der Waals surface area contributed by atoms with E-state index in [1.807, 2.05) is 0 Å². The van der Waals surface area contributed by atoms with Gasteiger partial charge >= 0.3 is 0 Å². The van der Waals surface area contributed by atoms with Crippen molar-refractivity contribution in [3.63, 3.8) is 0 Å². The number of hydrogen-bond acceptors (Lipinski definition) is 3. The highest BCUT2D eigenvalue weighted by atomic mass is 35.5. The van der Waals surface area contributed by atoms with Gasteiger partial charge in [-0.3, -0.25) is 0 Å². The molecule has 0 unspecified atom stereocenters. The standard InChI is InChI=1S/C14H15ClFN3/c1-3-4-13-18-12(8-14(17-2)19-13)10-6-5-9(15)7-11(10)16/h5-8H,3-4H2,1-2H3,(H,17,18,19). The molecule has 100 valence electrons. The van der Waals surface area contributed by atoms with Gasteiger partial charge in [-0.25, -0.2) is 14.4 Å². The Hall–Kier alpha value is -1.68. The Morgan fingerprint density at radius 1 is 1.26 bits per heavy atom. The Labute approximate surface area is 116 Å². The van der Waals surface area contributed by atoms with Crippen molar-refractivity contribution in [1.82, 2.24) is 9.97 Å². The molecule has 0 atom stereocenters. The van der Waals surface area contributed by atoms with Crippen LogP contribution in [-0.4, -0.2) is 17.0 Å². The average molecular weight is 280 g/mol. The fourth-order valence-corrected chi connectivity index (χ4v) is 1.95. The number of nitrogens with one attached hydrogen (secondary N) is 1. The second-order valence-corrected chi connectivity index (χ2v) is 4.62. The third-order valence-electron chi connectivity index (χ3n) is 2.71. The van der Waals surface area contributed by atoms with Crippen LogP contribution in [0.2, 0.25) is 5.02 Å². The van der Waals surface area contributed by atoms with Gasteiger partial charge < -0.3 is 5.32 Å². The Kier molecular flexibility index (Phi) is 4.32. The number of nitrogens with zero attached hydrogens (tertiary/aromatic N) is 2. The van der Waals surface area contributed by atoms with Gasteiger partial charge in [0.05, 0.1) is 5.69 Å². The highest BCUT2D eigenvalue weighted by molar-refractivity contribution is 6.30. The van der Waals surface area contributed by atoms with Crippen molar-refractivity contribution in [1.29, 1.82) is 0 Å². The molecule has 5 heteroatoms. The van der Waals surface area contributed by atoms with Crippen molar-refractivity contribution in [3.05, 3.63) is 40.9 Å². The normalized spacial score (nSPS) is 10.5. The van der Waals surface area contributed by atoms with E-state index in [0.29, 0.717) is 27.9 Å². The molecule has 0 aliphatic rings. The summed E-state index contributed by atoms with van der Waals surface area (Å²) in [5.41, 5.74) is 0.998. The van der Waals surface area contributed by atoms with Crippen molar-refractivity contribution in [2.45, 2.75) is 19.8 Å². The molecule has 0 amide bonds. The highest BCUT2D eigenvalue weighted by Gasteiger charge is 2.10. The molecule has 1 aromatic carbocycles. The van der Waals surface area contributed by atoms with E-state index in [2.05, 4.69) is 22.2 Å². The van der Waals surface area contributed by atoms with Crippen LogP contribution in [0, 0.1) is 5.82 Å². The van der Waals surface area contributed by atoms with Gasteiger partial charge in [0, 0.05) is 30.1 Å². The van der Waals surface area contributed by atoms with Crippen LogP contribution >= 0.6 is 11.6 Å². The lowest BCUT2D eigenvalue weighted by atomic mass is 10.1. The predicted octanol–water partition coefficient (Wildman–Crippen LogP) is 3.93. The molecule has 0 fully saturated rings. The fourth-order valence-electron chi connectivity index (χ4n) is 1.80. The monoisotopic (exact) mass is 279 g/mol. The Bertz CT molecular complexity index is 587. The summed E-state index contributed by atoms with van der Waals surface area (Å²) in [6, 6.07) is 6.30. The molecule has 0 radical (unpaired) electrons. The van der Waals surface area contributed by atoms with Crippen molar-refractivity contribution < 1.29 is 4.39 Å². The SMILES string of the molecule is CCCc1nc(NC)cc(-c2ccc(Cl)cc2F)n1. The van der Waals surface area contributed by atoms with Crippen LogP contribution in [0.1, 0.15) is 19.2 Å². The molecule has 2 rings (SSSR count). The van der Waals surface area contributed by atoms with Crippen LogP contribution in [0.5, 0.6) is 0 Å². The van der Waals surface area contributed by atoms with E-state index >= 15 is 0 Å². The lowest BCUT2D eigenvalue weighted by Gasteiger charge is -2.08. The van der Waals surface area contributed by atoms with Crippen LogP contribution in [0.25, 0.3) is 11.3 Å². The maximum absolute atomic E-state index is 13.9. The lowest BCUT2D eigenvalue weighted by Crippen LogP contribution is -2.02. The van der Waals surface area contributed by atoms with Crippen molar-refractivity contribution in [3.8, 4) is 11.3 Å². The number of rotatable bonds is 4. The van der Waals surface area contributed by atoms with E-state index in [1.165, 1.54) is 6.07 Å². The van der Waals surface area contributed by atoms with E-state index in [1.54, 1.807) is 25.2 Å². The number of hydrogen-bond donors (Lipinski definition) is 1. The van der Waals surface area contributed by atoms with Gasteiger partial charge in [0.1, 0.15) is 17.5 Å².